The van der Waals surface area contributed by atoms with Crippen LogP contribution in [0.5, 0.6) is 5.75 Å². The van der Waals surface area contributed by atoms with Crippen LogP contribution in [0.1, 0.15) is 58.1 Å². The fourth-order valence-electron chi connectivity index (χ4n) is 3.72. The van der Waals surface area contributed by atoms with E-state index in [0.29, 0.717) is 24.0 Å². The molecule has 0 aromatic heterocycles. The molecule has 0 spiro atoms. The maximum absolute atomic E-state index is 5.62. The van der Waals surface area contributed by atoms with Crippen LogP contribution >= 0.6 is 15.9 Å². The Kier molecular flexibility index (Phi) is 5.73. The molecule has 1 aliphatic rings. The normalized spacial score (nSPS) is 22.8. The third kappa shape index (κ3) is 3.81. The van der Waals surface area contributed by atoms with E-state index in [2.05, 4.69) is 60.3 Å². The van der Waals surface area contributed by atoms with Crippen molar-refractivity contribution in [2.45, 2.75) is 52.5 Å². The highest BCUT2D eigenvalue weighted by Gasteiger charge is 2.37. The molecule has 1 saturated carbocycles. The monoisotopic (exact) mass is 353 g/mol. The van der Waals surface area contributed by atoms with Gasteiger partial charge in [0.15, 0.2) is 0 Å². The molecule has 1 N–H and O–H groups in total. The molecule has 1 aromatic carbocycles. The summed E-state index contributed by atoms with van der Waals surface area (Å²) < 4.78 is 6.68. The summed E-state index contributed by atoms with van der Waals surface area (Å²) in [6.45, 7) is 7.56. The zero-order valence-electron chi connectivity index (χ0n) is 13.7. The van der Waals surface area contributed by atoms with Crippen LogP contribution in [0.3, 0.4) is 0 Å². The van der Waals surface area contributed by atoms with E-state index in [4.69, 9.17) is 4.74 Å². The van der Waals surface area contributed by atoms with Gasteiger partial charge in [-0.05, 0) is 71.8 Å². The van der Waals surface area contributed by atoms with Crippen LogP contribution in [0.15, 0.2) is 22.7 Å². The average molecular weight is 354 g/mol. The van der Waals surface area contributed by atoms with Crippen LogP contribution in [0.4, 0.5) is 0 Å². The smallest absolute Gasteiger partial charge is 0.133 e. The van der Waals surface area contributed by atoms with Crippen molar-refractivity contribution in [1.82, 2.24) is 5.32 Å². The van der Waals surface area contributed by atoms with Crippen molar-refractivity contribution in [2.24, 2.45) is 11.3 Å². The van der Waals surface area contributed by atoms with E-state index in [9.17, 15) is 0 Å². The van der Waals surface area contributed by atoms with Gasteiger partial charge in [-0.15, -0.1) is 0 Å². The Balaban J connectivity index is 2.26. The average Bonchev–Trinajstić information content (AvgIpc) is 2.44. The molecule has 1 fully saturated rings. The molecular formula is C18H28BrNO. The number of rotatable bonds is 5. The zero-order chi connectivity index (χ0) is 15.5. The minimum absolute atomic E-state index is 0.400. The highest BCUT2D eigenvalue weighted by molar-refractivity contribution is 9.10. The number of hydrogen-bond donors (Lipinski definition) is 1. The van der Waals surface area contributed by atoms with Gasteiger partial charge in [0.1, 0.15) is 5.75 Å². The predicted molar refractivity (Wildman–Crippen MR) is 92.9 cm³/mol. The Hall–Kier alpha value is -0.540. The molecule has 3 heteroatoms. The predicted octanol–water partition coefficient (Wildman–Crippen LogP) is 5.32. The summed E-state index contributed by atoms with van der Waals surface area (Å²) in [7, 11) is 2.08. The van der Waals surface area contributed by atoms with Gasteiger partial charge in [0.25, 0.3) is 0 Å². The summed E-state index contributed by atoms with van der Waals surface area (Å²) in [6.07, 6.45) is 5.36. The van der Waals surface area contributed by atoms with Crippen molar-refractivity contribution < 1.29 is 4.74 Å². The third-order valence-corrected chi connectivity index (χ3v) is 5.54. The van der Waals surface area contributed by atoms with Gasteiger partial charge in [-0.25, -0.2) is 0 Å². The second-order valence-corrected chi connectivity index (χ2v) is 7.58. The molecule has 0 saturated heterocycles. The van der Waals surface area contributed by atoms with Crippen molar-refractivity contribution >= 4 is 15.9 Å². The SMILES string of the molecule is CCOc1ccc(C(NC)C2CCCCC2(C)C)cc1Br. The summed E-state index contributed by atoms with van der Waals surface area (Å²) in [4.78, 5) is 0. The lowest BCUT2D eigenvalue weighted by molar-refractivity contribution is 0.101. The maximum Gasteiger partial charge on any atom is 0.133 e. The Bertz CT molecular complexity index is 472. The van der Waals surface area contributed by atoms with Gasteiger partial charge in [-0.2, -0.15) is 0 Å². The van der Waals surface area contributed by atoms with Crippen molar-refractivity contribution in [3.8, 4) is 5.75 Å². The Labute approximate surface area is 137 Å². The number of ether oxygens (including phenoxy) is 1. The fraction of sp³-hybridized carbons (Fsp3) is 0.667. The molecule has 2 rings (SSSR count). The highest BCUT2D eigenvalue weighted by atomic mass is 79.9. The first-order valence-electron chi connectivity index (χ1n) is 8.09. The number of nitrogens with one attached hydrogen (secondary N) is 1. The van der Waals surface area contributed by atoms with E-state index in [0.717, 1.165) is 10.2 Å². The van der Waals surface area contributed by atoms with Gasteiger partial charge in [0.2, 0.25) is 0 Å². The largest absolute Gasteiger partial charge is 0.493 e. The van der Waals surface area contributed by atoms with E-state index in [-0.39, 0.29) is 0 Å². The lowest BCUT2D eigenvalue weighted by Gasteiger charge is -2.43. The minimum Gasteiger partial charge on any atom is -0.493 e. The standard InChI is InChI=1S/C18H28BrNO/c1-5-21-16-10-9-13(12-15(16)19)17(20-4)14-8-6-7-11-18(14,2)3/h9-10,12,14,17,20H,5-8,11H2,1-4H3. The maximum atomic E-state index is 5.62. The third-order valence-electron chi connectivity index (χ3n) is 4.92. The zero-order valence-corrected chi connectivity index (χ0v) is 15.3. The topological polar surface area (TPSA) is 21.3 Å². The molecule has 1 aromatic rings. The molecule has 118 valence electrons. The van der Waals surface area contributed by atoms with Crippen LogP contribution < -0.4 is 10.1 Å². The summed E-state index contributed by atoms with van der Waals surface area (Å²) in [6, 6.07) is 6.92. The first-order valence-corrected chi connectivity index (χ1v) is 8.88. The van der Waals surface area contributed by atoms with E-state index >= 15 is 0 Å². The summed E-state index contributed by atoms with van der Waals surface area (Å²) in [5.41, 5.74) is 1.75. The molecule has 1 aliphatic carbocycles. The van der Waals surface area contributed by atoms with Gasteiger partial charge in [0.05, 0.1) is 11.1 Å². The molecule has 2 atom stereocenters. The van der Waals surface area contributed by atoms with Crippen molar-refractivity contribution in [3.63, 3.8) is 0 Å². The van der Waals surface area contributed by atoms with E-state index in [1.165, 1.54) is 31.2 Å². The van der Waals surface area contributed by atoms with E-state index in [1.807, 2.05) is 6.92 Å². The molecule has 2 nitrogen and oxygen atoms in total. The number of halogens is 1. The second kappa shape index (κ2) is 7.15. The van der Waals surface area contributed by atoms with Gasteiger partial charge in [0, 0.05) is 6.04 Å². The minimum atomic E-state index is 0.400. The van der Waals surface area contributed by atoms with Crippen LogP contribution in [0, 0.1) is 11.3 Å². The molecule has 0 amide bonds. The summed E-state index contributed by atoms with van der Waals surface area (Å²) in [5, 5.41) is 3.56. The number of benzene rings is 1. The van der Waals surface area contributed by atoms with Crippen LogP contribution in [0.2, 0.25) is 0 Å². The van der Waals surface area contributed by atoms with Crippen molar-refractivity contribution in [1.29, 1.82) is 0 Å². The van der Waals surface area contributed by atoms with Crippen LogP contribution in [-0.2, 0) is 0 Å². The van der Waals surface area contributed by atoms with E-state index in [1.54, 1.807) is 0 Å². The first-order chi connectivity index (χ1) is 9.99. The van der Waals surface area contributed by atoms with E-state index < -0.39 is 0 Å². The Morgan fingerprint density at radius 3 is 2.71 bits per heavy atom. The highest BCUT2D eigenvalue weighted by Crippen LogP contribution is 2.47. The second-order valence-electron chi connectivity index (χ2n) is 6.73. The van der Waals surface area contributed by atoms with Gasteiger partial charge in [-0.3, -0.25) is 0 Å². The Morgan fingerprint density at radius 1 is 1.38 bits per heavy atom. The van der Waals surface area contributed by atoms with Crippen LogP contribution in [0.25, 0.3) is 0 Å². The van der Waals surface area contributed by atoms with Crippen molar-refractivity contribution in [2.75, 3.05) is 13.7 Å². The number of hydrogen-bond acceptors (Lipinski definition) is 2. The molecule has 2 unspecified atom stereocenters. The van der Waals surface area contributed by atoms with Crippen LogP contribution in [-0.4, -0.2) is 13.7 Å². The molecule has 0 bridgehead atoms. The first kappa shape index (κ1) is 16.8. The van der Waals surface area contributed by atoms with Gasteiger partial charge in [-0.1, -0.05) is 32.8 Å². The van der Waals surface area contributed by atoms with Crippen molar-refractivity contribution in [3.05, 3.63) is 28.2 Å². The quantitative estimate of drug-likeness (QED) is 0.772. The van der Waals surface area contributed by atoms with Gasteiger partial charge < -0.3 is 10.1 Å². The summed E-state index contributed by atoms with van der Waals surface area (Å²) in [5.74, 6) is 1.61. The lowest BCUT2D eigenvalue weighted by Crippen LogP contribution is -2.37. The lowest BCUT2D eigenvalue weighted by atomic mass is 9.65. The molecule has 0 heterocycles. The Morgan fingerprint density at radius 2 is 2.14 bits per heavy atom. The van der Waals surface area contributed by atoms with Gasteiger partial charge >= 0.3 is 0 Å². The summed E-state index contributed by atoms with van der Waals surface area (Å²) >= 11 is 3.65. The fourth-order valence-corrected chi connectivity index (χ4v) is 4.23. The molecule has 21 heavy (non-hydrogen) atoms. The molecule has 0 aliphatic heterocycles. The molecular weight excluding hydrogens is 326 g/mol. The molecule has 0 radical (unpaired) electrons.